The molecule has 0 spiro atoms. The van der Waals surface area contributed by atoms with Crippen molar-refractivity contribution in [3.63, 3.8) is 0 Å². The molecule has 1 aromatic rings. The Morgan fingerprint density at radius 1 is 1.53 bits per heavy atom. The fourth-order valence-corrected chi connectivity index (χ4v) is 2.34. The zero-order valence-electron chi connectivity index (χ0n) is 10.0. The van der Waals surface area contributed by atoms with E-state index in [-0.39, 0.29) is 17.2 Å². The van der Waals surface area contributed by atoms with Gasteiger partial charge in [-0.15, -0.1) is 0 Å². The molecule has 4 heteroatoms. The molecule has 1 amide bonds. The van der Waals surface area contributed by atoms with Gasteiger partial charge in [0.25, 0.3) is 5.91 Å². The van der Waals surface area contributed by atoms with Crippen LogP contribution in [0.15, 0.2) is 24.3 Å². The summed E-state index contributed by atoms with van der Waals surface area (Å²) >= 11 is 0. The molecule has 17 heavy (non-hydrogen) atoms. The average Bonchev–Trinajstić information content (AvgIpc) is 2.25. The van der Waals surface area contributed by atoms with Crippen LogP contribution in [0, 0.1) is 0 Å². The zero-order chi connectivity index (χ0) is 12.5. The van der Waals surface area contributed by atoms with Crippen molar-refractivity contribution in [2.24, 2.45) is 5.73 Å². The molecule has 0 aromatic heterocycles. The number of amides is 1. The van der Waals surface area contributed by atoms with Crippen LogP contribution in [0.1, 0.15) is 30.1 Å². The van der Waals surface area contributed by atoms with E-state index in [9.17, 15) is 9.90 Å². The summed E-state index contributed by atoms with van der Waals surface area (Å²) in [6.45, 7) is 3.30. The molecule has 4 nitrogen and oxygen atoms in total. The van der Waals surface area contributed by atoms with Gasteiger partial charge in [0.15, 0.2) is 0 Å². The number of hydrogen-bond acceptors (Lipinski definition) is 3. The third-order valence-corrected chi connectivity index (χ3v) is 3.14. The largest absolute Gasteiger partial charge is 0.508 e. The van der Waals surface area contributed by atoms with Gasteiger partial charge in [0.1, 0.15) is 5.75 Å². The number of carbonyl (C=O) groups excluding carboxylic acids is 1. The van der Waals surface area contributed by atoms with Gasteiger partial charge in [-0.2, -0.15) is 0 Å². The second kappa shape index (κ2) is 4.37. The molecule has 1 saturated heterocycles. The molecular weight excluding hydrogens is 216 g/mol. The highest BCUT2D eigenvalue weighted by Gasteiger charge is 2.41. The zero-order valence-corrected chi connectivity index (χ0v) is 10.0. The lowest BCUT2D eigenvalue weighted by atomic mass is 9.86. The number of benzene rings is 1. The molecule has 1 fully saturated rings. The molecule has 0 atom stereocenters. The number of aromatic hydroxyl groups is 1. The molecule has 1 aliphatic heterocycles. The Morgan fingerprint density at radius 3 is 2.82 bits per heavy atom. The summed E-state index contributed by atoms with van der Waals surface area (Å²) < 4.78 is 0. The van der Waals surface area contributed by atoms with Crippen LogP contribution in [0.25, 0.3) is 0 Å². The summed E-state index contributed by atoms with van der Waals surface area (Å²) in [6.07, 6.45) is 1.97. The molecule has 1 heterocycles. The number of nitrogens with zero attached hydrogens (tertiary/aromatic N) is 1. The number of hydrogen-bond donors (Lipinski definition) is 2. The van der Waals surface area contributed by atoms with E-state index in [0.717, 1.165) is 12.8 Å². The molecule has 2 rings (SSSR count). The van der Waals surface area contributed by atoms with Crippen molar-refractivity contribution >= 4 is 5.91 Å². The van der Waals surface area contributed by atoms with E-state index in [2.05, 4.69) is 6.92 Å². The smallest absolute Gasteiger partial charge is 0.254 e. The van der Waals surface area contributed by atoms with Gasteiger partial charge in [0.05, 0.1) is 5.54 Å². The molecule has 0 saturated carbocycles. The molecule has 1 aromatic carbocycles. The number of carbonyl (C=O) groups is 1. The maximum atomic E-state index is 12.0. The standard InChI is InChI=1S/C13H18N2O2/c1-2-6-13(14)8-15(9-13)12(17)10-4-3-5-11(16)7-10/h3-5,7,16H,2,6,8-9,14H2,1H3. The predicted octanol–water partition coefficient (Wildman–Crippen LogP) is 1.35. The normalized spacial score (nSPS) is 17.6. The van der Waals surface area contributed by atoms with Crippen molar-refractivity contribution in [2.75, 3.05) is 13.1 Å². The van der Waals surface area contributed by atoms with E-state index in [1.54, 1.807) is 23.1 Å². The highest BCUT2D eigenvalue weighted by molar-refractivity contribution is 5.95. The van der Waals surface area contributed by atoms with Crippen molar-refractivity contribution in [3.8, 4) is 5.75 Å². The summed E-state index contributed by atoms with van der Waals surface area (Å²) in [7, 11) is 0. The first-order valence-electron chi connectivity index (χ1n) is 5.91. The van der Waals surface area contributed by atoms with Crippen LogP contribution in [0.4, 0.5) is 0 Å². The Morgan fingerprint density at radius 2 is 2.24 bits per heavy atom. The summed E-state index contributed by atoms with van der Waals surface area (Å²) in [4.78, 5) is 13.8. The van der Waals surface area contributed by atoms with Gasteiger partial charge in [-0.3, -0.25) is 4.79 Å². The van der Waals surface area contributed by atoms with E-state index in [1.807, 2.05) is 0 Å². The molecule has 3 N–H and O–H groups in total. The van der Waals surface area contributed by atoms with E-state index in [4.69, 9.17) is 5.73 Å². The van der Waals surface area contributed by atoms with Gasteiger partial charge in [0, 0.05) is 18.7 Å². The molecular formula is C13H18N2O2. The van der Waals surface area contributed by atoms with Gasteiger partial charge >= 0.3 is 0 Å². The summed E-state index contributed by atoms with van der Waals surface area (Å²) in [5, 5.41) is 9.33. The monoisotopic (exact) mass is 234 g/mol. The van der Waals surface area contributed by atoms with Crippen LogP contribution in [0.5, 0.6) is 5.75 Å². The first-order valence-corrected chi connectivity index (χ1v) is 5.91. The van der Waals surface area contributed by atoms with Crippen molar-refractivity contribution in [2.45, 2.75) is 25.3 Å². The fraction of sp³-hybridized carbons (Fsp3) is 0.462. The molecule has 0 bridgehead atoms. The Labute approximate surface area is 101 Å². The van der Waals surface area contributed by atoms with Crippen LogP contribution in [0.3, 0.4) is 0 Å². The van der Waals surface area contributed by atoms with Crippen LogP contribution in [-0.4, -0.2) is 34.5 Å². The van der Waals surface area contributed by atoms with E-state index in [1.165, 1.54) is 6.07 Å². The van der Waals surface area contributed by atoms with Gasteiger partial charge < -0.3 is 15.7 Å². The topological polar surface area (TPSA) is 66.6 Å². The summed E-state index contributed by atoms with van der Waals surface area (Å²) in [5.74, 6) is 0.0574. The van der Waals surface area contributed by atoms with Crippen molar-refractivity contribution in [1.82, 2.24) is 4.90 Å². The summed E-state index contributed by atoms with van der Waals surface area (Å²) in [6, 6.07) is 6.42. The lowest BCUT2D eigenvalue weighted by Crippen LogP contribution is -2.68. The number of nitrogens with two attached hydrogens (primary N) is 1. The Bertz CT molecular complexity index is 425. The van der Waals surface area contributed by atoms with Gasteiger partial charge in [-0.1, -0.05) is 19.4 Å². The molecule has 1 aliphatic rings. The van der Waals surface area contributed by atoms with E-state index in [0.29, 0.717) is 18.7 Å². The second-order valence-electron chi connectivity index (χ2n) is 4.82. The van der Waals surface area contributed by atoms with Crippen molar-refractivity contribution in [3.05, 3.63) is 29.8 Å². The van der Waals surface area contributed by atoms with Crippen LogP contribution in [-0.2, 0) is 0 Å². The maximum Gasteiger partial charge on any atom is 0.254 e. The Balaban J connectivity index is 2.00. The fourth-order valence-electron chi connectivity index (χ4n) is 2.34. The third-order valence-electron chi connectivity index (χ3n) is 3.14. The molecule has 0 unspecified atom stereocenters. The van der Waals surface area contributed by atoms with Gasteiger partial charge in [-0.25, -0.2) is 0 Å². The lowest BCUT2D eigenvalue weighted by molar-refractivity contribution is 0.0386. The minimum atomic E-state index is -0.207. The summed E-state index contributed by atoms with van der Waals surface area (Å²) in [5.41, 5.74) is 6.42. The second-order valence-corrected chi connectivity index (χ2v) is 4.82. The van der Waals surface area contributed by atoms with Gasteiger partial charge in [0.2, 0.25) is 0 Å². The van der Waals surface area contributed by atoms with E-state index >= 15 is 0 Å². The number of likely N-dealkylation sites (tertiary alicyclic amines) is 1. The van der Waals surface area contributed by atoms with Crippen LogP contribution < -0.4 is 5.73 Å². The number of rotatable bonds is 3. The first-order chi connectivity index (χ1) is 8.04. The highest BCUT2D eigenvalue weighted by Crippen LogP contribution is 2.25. The van der Waals surface area contributed by atoms with Crippen molar-refractivity contribution in [1.29, 1.82) is 0 Å². The minimum absolute atomic E-state index is 0.0573. The lowest BCUT2D eigenvalue weighted by Gasteiger charge is -2.47. The Kier molecular flexibility index (Phi) is 3.07. The number of phenolic OH excluding ortho intramolecular Hbond substituents is 1. The maximum absolute atomic E-state index is 12.0. The SMILES string of the molecule is CCCC1(N)CN(C(=O)c2cccc(O)c2)C1. The minimum Gasteiger partial charge on any atom is -0.508 e. The molecule has 92 valence electrons. The van der Waals surface area contributed by atoms with E-state index < -0.39 is 0 Å². The highest BCUT2D eigenvalue weighted by atomic mass is 16.3. The number of phenols is 1. The Hall–Kier alpha value is -1.55. The third kappa shape index (κ3) is 2.42. The predicted molar refractivity (Wildman–Crippen MR) is 65.8 cm³/mol. The average molecular weight is 234 g/mol. The first kappa shape index (κ1) is 11.9. The molecule has 0 radical (unpaired) electrons. The quantitative estimate of drug-likeness (QED) is 0.829. The molecule has 0 aliphatic carbocycles. The van der Waals surface area contributed by atoms with Crippen LogP contribution in [0.2, 0.25) is 0 Å². The van der Waals surface area contributed by atoms with Gasteiger partial charge in [-0.05, 0) is 24.6 Å². The van der Waals surface area contributed by atoms with Crippen molar-refractivity contribution < 1.29 is 9.90 Å². The van der Waals surface area contributed by atoms with Crippen LogP contribution >= 0.6 is 0 Å².